The molecule has 0 aliphatic heterocycles. The summed E-state index contributed by atoms with van der Waals surface area (Å²) in [5.41, 5.74) is 2.94. The van der Waals surface area contributed by atoms with Crippen molar-refractivity contribution < 1.29 is 14.1 Å². The highest BCUT2D eigenvalue weighted by Crippen LogP contribution is 2.39. The Kier molecular flexibility index (Phi) is 4.21. The van der Waals surface area contributed by atoms with Crippen LogP contribution in [0.5, 0.6) is 0 Å². The van der Waals surface area contributed by atoms with E-state index >= 15 is 0 Å². The Morgan fingerprint density at radius 1 is 1.32 bits per heavy atom. The van der Waals surface area contributed by atoms with Crippen LogP contribution in [0.4, 0.5) is 0 Å². The molecule has 0 saturated carbocycles. The Bertz CT molecular complexity index is 678. The van der Waals surface area contributed by atoms with Crippen LogP contribution in [-0.2, 0) is 16.0 Å². The van der Waals surface area contributed by atoms with Crippen molar-refractivity contribution in [1.82, 2.24) is 5.16 Å². The van der Waals surface area contributed by atoms with Gasteiger partial charge in [0, 0.05) is 22.6 Å². The molecular formula is C17H18ClNO3. The lowest BCUT2D eigenvalue weighted by molar-refractivity contribution is -0.145. The first-order chi connectivity index (χ1) is 10.6. The first kappa shape index (κ1) is 15.1. The molecule has 5 heteroatoms. The Morgan fingerprint density at radius 3 is 2.73 bits per heavy atom. The van der Waals surface area contributed by atoms with Gasteiger partial charge in [-0.2, -0.15) is 0 Å². The molecule has 2 unspecified atom stereocenters. The number of fused-ring (bicyclic) bond motifs is 1. The molecule has 0 bridgehead atoms. The topological polar surface area (TPSA) is 52.3 Å². The van der Waals surface area contributed by atoms with Crippen molar-refractivity contribution >= 4 is 17.6 Å². The molecule has 22 heavy (non-hydrogen) atoms. The van der Waals surface area contributed by atoms with Gasteiger partial charge in [0.2, 0.25) is 0 Å². The molecule has 2 atom stereocenters. The number of rotatable bonds is 2. The highest BCUT2D eigenvalue weighted by molar-refractivity contribution is 6.30. The van der Waals surface area contributed by atoms with Gasteiger partial charge in [-0.1, -0.05) is 35.8 Å². The summed E-state index contributed by atoms with van der Waals surface area (Å²) in [4.78, 5) is 11.9. The maximum absolute atomic E-state index is 11.9. The summed E-state index contributed by atoms with van der Waals surface area (Å²) in [6, 6.07) is 7.57. The molecule has 116 valence electrons. The van der Waals surface area contributed by atoms with Gasteiger partial charge in [0.15, 0.2) is 0 Å². The van der Waals surface area contributed by atoms with Gasteiger partial charge >= 0.3 is 5.97 Å². The second kappa shape index (κ2) is 6.13. The predicted molar refractivity (Wildman–Crippen MR) is 83.8 cm³/mol. The summed E-state index contributed by atoms with van der Waals surface area (Å²) < 4.78 is 10.4. The molecule has 1 aromatic heterocycles. The molecule has 4 nitrogen and oxygen atoms in total. The molecule has 3 rings (SSSR count). The number of ether oxygens (including phenoxy) is 1. The van der Waals surface area contributed by atoms with Crippen molar-refractivity contribution in [2.45, 2.75) is 32.1 Å². The van der Waals surface area contributed by atoms with Crippen molar-refractivity contribution in [2.75, 3.05) is 7.11 Å². The number of esters is 1. The first-order valence-electron chi connectivity index (χ1n) is 7.42. The molecule has 1 aliphatic carbocycles. The smallest absolute Gasteiger partial charge is 0.309 e. The van der Waals surface area contributed by atoms with Crippen LogP contribution >= 0.6 is 11.6 Å². The Hall–Kier alpha value is -1.81. The Morgan fingerprint density at radius 2 is 2.05 bits per heavy atom. The van der Waals surface area contributed by atoms with Crippen molar-refractivity contribution in [1.29, 1.82) is 0 Å². The van der Waals surface area contributed by atoms with E-state index in [1.807, 2.05) is 24.3 Å². The number of carbonyl (C=O) groups is 1. The number of halogens is 1. The van der Waals surface area contributed by atoms with Gasteiger partial charge in [-0.05, 0) is 30.9 Å². The molecule has 1 heterocycles. The predicted octanol–water partition coefficient (Wildman–Crippen LogP) is 4.22. The Labute approximate surface area is 134 Å². The average molecular weight is 320 g/mol. The average Bonchev–Trinajstić information content (AvgIpc) is 2.87. The lowest BCUT2D eigenvalue weighted by atomic mass is 9.93. The maximum Gasteiger partial charge on any atom is 0.309 e. The molecule has 1 aromatic carbocycles. The largest absolute Gasteiger partial charge is 0.469 e. The second-order valence-corrected chi connectivity index (χ2v) is 6.21. The van der Waals surface area contributed by atoms with E-state index in [4.69, 9.17) is 20.9 Å². The van der Waals surface area contributed by atoms with Crippen molar-refractivity contribution in [2.24, 2.45) is 5.92 Å². The van der Waals surface area contributed by atoms with E-state index in [0.29, 0.717) is 17.4 Å². The Balaban J connectivity index is 1.99. The SMILES string of the molecule is COC(=O)C1CCC(C)c2c(-c3ccc(Cl)cc3)noc2C1. The zero-order chi connectivity index (χ0) is 15.7. The number of hydrogen-bond acceptors (Lipinski definition) is 4. The number of nitrogens with zero attached hydrogens (tertiary/aromatic N) is 1. The van der Waals surface area contributed by atoms with E-state index in [1.165, 1.54) is 7.11 Å². The fourth-order valence-electron chi connectivity index (χ4n) is 3.09. The summed E-state index contributed by atoms with van der Waals surface area (Å²) in [6.45, 7) is 2.15. The van der Waals surface area contributed by atoms with Gasteiger partial charge in [-0.25, -0.2) is 0 Å². The number of methoxy groups -OCH3 is 1. The molecule has 0 fully saturated rings. The van der Waals surface area contributed by atoms with Gasteiger partial charge in [0.25, 0.3) is 0 Å². The van der Waals surface area contributed by atoms with E-state index in [-0.39, 0.29) is 11.9 Å². The second-order valence-electron chi connectivity index (χ2n) is 5.78. The number of carbonyl (C=O) groups excluding carboxylic acids is 1. The quantitative estimate of drug-likeness (QED) is 0.614. The van der Waals surface area contributed by atoms with Crippen molar-refractivity contribution in [3.05, 3.63) is 40.6 Å². The molecule has 0 saturated heterocycles. The minimum atomic E-state index is -0.176. The molecular weight excluding hydrogens is 302 g/mol. The summed E-state index contributed by atoms with van der Waals surface area (Å²) >= 11 is 5.95. The van der Waals surface area contributed by atoms with E-state index in [1.54, 1.807) is 0 Å². The third-order valence-electron chi connectivity index (χ3n) is 4.33. The number of aromatic nitrogens is 1. The van der Waals surface area contributed by atoms with Crippen LogP contribution in [0.15, 0.2) is 28.8 Å². The van der Waals surface area contributed by atoms with Crippen LogP contribution in [-0.4, -0.2) is 18.2 Å². The zero-order valence-electron chi connectivity index (χ0n) is 12.6. The molecule has 0 radical (unpaired) electrons. The number of hydrogen-bond donors (Lipinski definition) is 0. The van der Waals surface area contributed by atoms with Crippen LogP contribution in [0.25, 0.3) is 11.3 Å². The molecule has 1 aliphatic rings. The van der Waals surface area contributed by atoms with E-state index in [2.05, 4.69) is 12.1 Å². The minimum absolute atomic E-state index is 0.153. The summed E-state index contributed by atoms with van der Waals surface area (Å²) in [6.07, 6.45) is 2.26. The van der Waals surface area contributed by atoms with E-state index in [0.717, 1.165) is 35.4 Å². The lowest BCUT2D eigenvalue weighted by Gasteiger charge is -2.11. The third-order valence-corrected chi connectivity index (χ3v) is 4.58. The summed E-state index contributed by atoms with van der Waals surface area (Å²) in [7, 11) is 1.43. The summed E-state index contributed by atoms with van der Waals surface area (Å²) in [5, 5.41) is 4.93. The highest BCUT2D eigenvalue weighted by atomic mass is 35.5. The minimum Gasteiger partial charge on any atom is -0.469 e. The van der Waals surface area contributed by atoms with Gasteiger partial charge in [0.1, 0.15) is 11.5 Å². The van der Waals surface area contributed by atoms with Gasteiger partial charge in [-0.15, -0.1) is 0 Å². The van der Waals surface area contributed by atoms with E-state index < -0.39 is 0 Å². The van der Waals surface area contributed by atoms with Gasteiger partial charge in [-0.3, -0.25) is 4.79 Å². The fraction of sp³-hybridized carbons (Fsp3) is 0.412. The van der Waals surface area contributed by atoms with Crippen LogP contribution in [0.2, 0.25) is 5.02 Å². The maximum atomic E-state index is 11.9. The van der Waals surface area contributed by atoms with Crippen LogP contribution in [0.1, 0.15) is 37.0 Å². The van der Waals surface area contributed by atoms with Crippen LogP contribution < -0.4 is 0 Å². The van der Waals surface area contributed by atoms with Crippen LogP contribution in [0, 0.1) is 5.92 Å². The van der Waals surface area contributed by atoms with Gasteiger partial charge in [0.05, 0.1) is 13.0 Å². The molecule has 0 N–H and O–H groups in total. The molecule has 0 amide bonds. The molecule has 2 aromatic rings. The number of benzene rings is 1. The first-order valence-corrected chi connectivity index (χ1v) is 7.80. The third kappa shape index (κ3) is 2.75. The van der Waals surface area contributed by atoms with Crippen molar-refractivity contribution in [3.8, 4) is 11.3 Å². The van der Waals surface area contributed by atoms with Crippen LogP contribution in [0.3, 0.4) is 0 Å². The molecule has 0 spiro atoms. The van der Waals surface area contributed by atoms with Gasteiger partial charge < -0.3 is 9.26 Å². The highest BCUT2D eigenvalue weighted by Gasteiger charge is 2.32. The fourth-order valence-corrected chi connectivity index (χ4v) is 3.22. The monoisotopic (exact) mass is 319 g/mol. The zero-order valence-corrected chi connectivity index (χ0v) is 13.4. The van der Waals surface area contributed by atoms with Crippen molar-refractivity contribution in [3.63, 3.8) is 0 Å². The standard InChI is InChI=1S/C17H18ClNO3/c1-10-3-4-12(17(20)21-2)9-14-15(10)16(19-22-14)11-5-7-13(18)8-6-11/h5-8,10,12H,3-4,9H2,1-2H3. The summed E-state index contributed by atoms with van der Waals surface area (Å²) in [5.74, 6) is 0.760. The van der Waals surface area contributed by atoms with E-state index in [9.17, 15) is 4.79 Å². The lowest BCUT2D eigenvalue weighted by Crippen LogP contribution is -2.17. The normalized spacial score (nSPS) is 21.0.